The second kappa shape index (κ2) is 6.01. The summed E-state index contributed by atoms with van der Waals surface area (Å²) in [5.41, 5.74) is -0.355. The Bertz CT molecular complexity index is 474. The van der Waals surface area contributed by atoms with Gasteiger partial charge in [-0.3, -0.25) is 0 Å². The van der Waals surface area contributed by atoms with Crippen molar-refractivity contribution < 1.29 is 32.5 Å². The SMILES string of the molecule is COc1cc(Cl)cc(C(=O)O)c1OCCC(F)(F)F. The molecule has 0 saturated heterocycles. The van der Waals surface area contributed by atoms with Gasteiger partial charge in [0.15, 0.2) is 11.5 Å². The highest BCUT2D eigenvalue weighted by Gasteiger charge is 2.28. The van der Waals surface area contributed by atoms with Gasteiger partial charge in [0.05, 0.1) is 20.1 Å². The number of carboxylic acid groups (broad SMARTS) is 1. The lowest BCUT2D eigenvalue weighted by atomic mass is 10.2. The lowest BCUT2D eigenvalue weighted by molar-refractivity contribution is -0.139. The molecule has 0 amide bonds. The maximum absolute atomic E-state index is 12.0. The summed E-state index contributed by atoms with van der Waals surface area (Å²) in [7, 11) is 1.23. The lowest BCUT2D eigenvalue weighted by Crippen LogP contribution is -2.14. The molecular formula is C11H10ClF3O4. The van der Waals surface area contributed by atoms with Crippen molar-refractivity contribution in [1.82, 2.24) is 0 Å². The fraction of sp³-hybridized carbons (Fsp3) is 0.364. The third-order valence-electron chi connectivity index (χ3n) is 2.10. The third-order valence-corrected chi connectivity index (χ3v) is 2.32. The summed E-state index contributed by atoms with van der Waals surface area (Å²) in [5, 5.41) is 9.03. The predicted molar refractivity (Wildman–Crippen MR) is 61.1 cm³/mol. The molecule has 0 aliphatic heterocycles. The average Bonchev–Trinajstić information content (AvgIpc) is 2.28. The van der Waals surface area contributed by atoms with Crippen LogP contribution in [0.4, 0.5) is 13.2 Å². The Morgan fingerprint density at radius 3 is 2.53 bits per heavy atom. The zero-order valence-corrected chi connectivity index (χ0v) is 10.5. The minimum Gasteiger partial charge on any atom is -0.493 e. The van der Waals surface area contributed by atoms with Crippen LogP contribution in [-0.4, -0.2) is 31.0 Å². The highest BCUT2D eigenvalue weighted by Crippen LogP contribution is 2.35. The van der Waals surface area contributed by atoms with Crippen LogP contribution in [0.5, 0.6) is 11.5 Å². The maximum Gasteiger partial charge on any atom is 0.392 e. The van der Waals surface area contributed by atoms with Crippen molar-refractivity contribution in [2.24, 2.45) is 0 Å². The first-order valence-electron chi connectivity index (χ1n) is 5.05. The number of benzene rings is 1. The van der Waals surface area contributed by atoms with Gasteiger partial charge in [-0.15, -0.1) is 0 Å². The van der Waals surface area contributed by atoms with Crippen molar-refractivity contribution in [3.05, 3.63) is 22.7 Å². The zero-order valence-electron chi connectivity index (χ0n) is 9.75. The highest BCUT2D eigenvalue weighted by atomic mass is 35.5. The number of ether oxygens (including phenoxy) is 2. The average molecular weight is 299 g/mol. The Morgan fingerprint density at radius 2 is 2.05 bits per heavy atom. The fourth-order valence-electron chi connectivity index (χ4n) is 1.30. The molecular weight excluding hydrogens is 289 g/mol. The molecule has 1 rings (SSSR count). The van der Waals surface area contributed by atoms with Crippen molar-refractivity contribution in [2.45, 2.75) is 12.6 Å². The van der Waals surface area contributed by atoms with E-state index in [-0.39, 0.29) is 22.1 Å². The second-order valence-electron chi connectivity index (χ2n) is 3.50. The Hall–Kier alpha value is -1.63. The summed E-state index contributed by atoms with van der Waals surface area (Å²) in [4.78, 5) is 11.0. The lowest BCUT2D eigenvalue weighted by Gasteiger charge is -2.14. The molecule has 0 saturated carbocycles. The standard InChI is InChI=1S/C11H10ClF3O4/c1-18-8-5-6(12)4-7(10(16)17)9(8)19-3-2-11(13,14)15/h4-5H,2-3H2,1H3,(H,16,17). The highest BCUT2D eigenvalue weighted by molar-refractivity contribution is 6.31. The molecule has 0 fully saturated rings. The van der Waals surface area contributed by atoms with E-state index in [4.69, 9.17) is 26.2 Å². The van der Waals surface area contributed by atoms with E-state index in [0.717, 1.165) is 6.07 Å². The number of hydrogen-bond acceptors (Lipinski definition) is 3. The zero-order chi connectivity index (χ0) is 14.6. The van der Waals surface area contributed by atoms with Crippen LogP contribution < -0.4 is 9.47 Å². The van der Waals surface area contributed by atoms with Gasteiger partial charge in [-0.05, 0) is 6.07 Å². The van der Waals surface area contributed by atoms with E-state index in [1.54, 1.807) is 0 Å². The summed E-state index contributed by atoms with van der Waals surface area (Å²) < 4.78 is 45.8. The molecule has 106 valence electrons. The first-order valence-corrected chi connectivity index (χ1v) is 5.43. The topological polar surface area (TPSA) is 55.8 Å². The Balaban J connectivity index is 3.00. The number of methoxy groups -OCH3 is 1. The van der Waals surface area contributed by atoms with Gasteiger partial charge < -0.3 is 14.6 Å². The summed E-state index contributed by atoms with van der Waals surface area (Å²) >= 11 is 5.67. The van der Waals surface area contributed by atoms with E-state index in [9.17, 15) is 18.0 Å². The Morgan fingerprint density at radius 1 is 1.42 bits per heavy atom. The summed E-state index contributed by atoms with van der Waals surface area (Å²) in [6.07, 6.45) is -5.58. The van der Waals surface area contributed by atoms with Gasteiger partial charge in [0.1, 0.15) is 5.56 Å². The monoisotopic (exact) mass is 298 g/mol. The molecule has 0 aromatic heterocycles. The molecule has 1 aromatic carbocycles. The van der Waals surface area contributed by atoms with Crippen molar-refractivity contribution in [3.8, 4) is 11.5 Å². The van der Waals surface area contributed by atoms with Gasteiger partial charge in [0.2, 0.25) is 0 Å². The fourth-order valence-corrected chi connectivity index (χ4v) is 1.51. The predicted octanol–water partition coefficient (Wildman–Crippen LogP) is 3.38. The minimum absolute atomic E-state index is 0.0351. The first-order chi connectivity index (χ1) is 8.74. The first kappa shape index (κ1) is 15.4. The number of halogens is 4. The molecule has 0 radical (unpaired) electrons. The third kappa shape index (κ3) is 4.51. The molecule has 0 spiro atoms. The van der Waals surface area contributed by atoms with Crippen LogP contribution in [0.3, 0.4) is 0 Å². The Kier molecular flexibility index (Phi) is 4.88. The number of hydrogen-bond donors (Lipinski definition) is 1. The number of aromatic carboxylic acids is 1. The van der Waals surface area contributed by atoms with Crippen molar-refractivity contribution in [1.29, 1.82) is 0 Å². The van der Waals surface area contributed by atoms with Crippen molar-refractivity contribution in [2.75, 3.05) is 13.7 Å². The molecule has 0 atom stereocenters. The van der Waals surface area contributed by atoms with E-state index in [2.05, 4.69) is 0 Å². The molecule has 0 bridgehead atoms. The van der Waals surface area contributed by atoms with E-state index in [1.165, 1.54) is 13.2 Å². The molecule has 0 aliphatic carbocycles. The summed E-state index contributed by atoms with van der Waals surface area (Å²) in [5.74, 6) is -1.68. The van der Waals surface area contributed by atoms with Crippen LogP contribution in [0.2, 0.25) is 5.02 Å². The van der Waals surface area contributed by atoms with Crippen LogP contribution >= 0.6 is 11.6 Å². The molecule has 0 unspecified atom stereocenters. The van der Waals surface area contributed by atoms with E-state index in [0.29, 0.717) is 0 Å². The normalized spacial score (nSPS) is 11.2. The van der Waals surface area contributed by atoms with Gasteiger partial charge in [-0.2, -0.15) is 13.2 Å². The maximum atomic E-state index is 12.0. The molecule has 0 heterocycles. The van der Waals surface area contributed by atoms with E-state index < -0.39 is 25.2 Å². The van der Waals surface area contributed by atoms with Crippen LogP contribution in [0.25, 0.3) is 0 Å². The second-order valence-corrected chi connectivity index (χ2v) is 3.94. The number of carbonyl (C=O) groups is 1. The summed E-state index contributed by atoms with van der Waals surface area (Å²) in [6.45, 7) is -0.707. The van der Waals surface area contributed by atoms with Gasteiger partial charge in [0.25, 0.3) is 0 Å². The van der Waals surface area contributed by atoms with Gasteiger partial charge in [-0.25, -0.2) is 4.79 Å². The van der Waals surface area contributed by atoms with E-state index in [1.807, 2.05) is 0 Å². The summed E-state index contributed by atoms with van der Waals surface area (Å²) in [6, 6.07) is 2.34. The molecule has 0 aliphatic rings. The van der Waals surface area contributed by atoms with Crippen molar-refractivity contribution in [3.63, 3.8) is 0 Å². The number of rotatable bonds is 5. The molecule has 1 N–H and O–H groups in total. The number of carboxylic acids is 1. The molecule has 8 heteroatoms. The Labute approximate surface area is 111 Å². The largest absolute Gasteiger partial charge is 0.493 e. The van der Waals surface area contributed by atoms with Gasteiger partial charge in [0, 0.05) is 11.1 Å². The van der Waals surface area contributed by atoms with E-state index >= 15 is 0 Å². The van der Waals surface area contributed by atoms with Crippen molar-refractivity contribution >= 4 is 17.6 Å². The molecule has 4 nitrogen and oxygen atoms in total. The van der Waals surface area contributed by atoms with Gasteiger partial charge >= 0.3 is 12.1 Å². The number of alkyl halides is 3. The van der Waals surface area contributed by atoms with Crippen LogP contribution in [0.15, 0.2) is 12.1 Å². The smallest absolute Gasteiger partial charge is 0.392 e. The minimum atomic E-state index is -4.39. The van der Waals surface area contributed by atoms with Crippen LogP contribution in [0.1, 0.15) is 16.8 Å². The van der Waals surface area contributed by atoms with Crippen LogP contribution in [-0.2, 0) is 0 Å². The van der Waals surface area contributed by atoms with Gasteiger partial charge in [-0.1, -0.05) is 11.6 Å². The quantitative estimate of drug-likeness (QED) is 0.905. The van der Waals surface area contributed by atoms with Crippen LogP contribution in [0, 0.1) is 0 Å². The molecule has 1 aromatic rings. The molecule has 19 heavy (non-hydrogen) atoms.